The zero-order valence-corrected chi connectivity index (χ0v) is 7.99. The topological polar surface area (TPSA) is 38.8 Å². The van der Waals surface area contributed by atoms with Gasteiger partial charge in [-0.25, -0.2) is 4.79 Å². The molecule has 0 aromatic rings. The average molecular weight is 184 g/mol. The van der Waals surface area contributed by atoms with Gasteiger partial charge < -0.3 is 9.47 Å². The third-order valence-corrected chi connectivity index (χ3v) is 2.72. The summed E-state index contributed by atoms with van der Waals surface area (Å²) in [7, 11) is 0. The predicted octanol–water partition coefficient (Wildman–Crippen LogP) is 1.65. The Bertz CT molecular complexity index is 202. The van der Waals surface area contributed by atoms with Gasteiger partial charge in [-0.3, -0.25) is 0 Å². The van der Waals surface area contributed by atoms with Gasteiger partial charge in [0.05, 0.1) is 6.10 Å². The second kappa shape index (κ2) is 3.66. The van der Waals surface area contributed by atoms with E-state index in [0.717, 1.165) is 19.3 Å². The fourth-order valence-electron chi connectivity index (χ4n) is 1.87. The first-order valence-corrected chi connectivity index (χ1v) is 5.17. The van der Waals surface area contributed by atoms with Crippen molar-refractivity contribution >= 4 is 5.97 Å². The Kier molecular flexibility index (Phi) is 2.54. The second-order valence-electron chi connectivity index (χ2n) is 3.89. The summed E-state index contributed by atoms with van der Waals surface area (Å²) in [5.41, 5.74) is 0. The van der Waals surface area contributed by atoms with Crippen LogP contribution in [-0.2, 0) is 14.3 Å². The highest BCUT2D eigenvalue weighted by Crippen LogP contribution is 2.34. The van der Waals surface area contributed by atoms with Gasteiger partial charge in [-0.15, -0.1) is 0 Å². The van der Waals surface area contributed by atoms with Crippen molar-refractivity contribution in [2.24, 2.45) is 0 Å². The van der Waals surface area contributed by atoms with E-state index < -0.39 is 0 Å². The van der Waals surface area contributed by atoms with E-state index in [2.05, 4.69) is 6.92 Å². The van der Waals surface area contributed by atoms with E-state index in [9.17, 15) is 4.79 Å². The predicted molar refractivity (Wildman–Crippen MR) is 47.3 cm³/mol. The van der Waals surface area contributed by atoms with E-state index in [1.165, 1.54) is 12.8 Å². The summed E-state index contributed by atoms with van der Waals surface area (Å²) in [5, 5.41) is 0. The van der Waals surface area contributed by atoms with Gasteiger partial charge in [-0.05, 0) is 12.8 Å². The van der Waals surface area contributed by atoms with Crippen molar-refractivity contribution in [1.82, 2.24) is 0 Å². The van der Waals surface area contributed by atoms with Gasteiger partial charge in [0.1, 0.15) is 6.10 Å². The molecule has 0 radical (unpaired) electrons. The third-order valence-electron chi connectivity index (χ3n) is 2.72. The molecule has 0 bridgehead atoms. The Balaban J connectivity index is 1.71. The molecule has 0 unspecified atom stereocenters. The molecule has 0 aromatic heterocycles. The molecule has 3 atom stereocenters. The van der Waals surface area contributed by atoms with Crippen molar-refractivity contribution in [3.63, 3.8) is 0 Å². The SMILES string of the molecule is CCCCC[C@@H]1C[C@H]2O[C@H]2C(=O)O1. The Morgan fingerprint density at radius 2 is 2.31 bits per heavy atom. The lowest BCUT2D eigenvalue weighted by atomic mass is 10.0. The van der Waals surface area contributed by atoms with Crippen LogP contribution in [0.3, 0.4) is 0 Å². The van der Waals surface area contributed by atoms with Crippen molar-refractivity contribution in [2.45, 2.75) is 57.3 Å². The Labute approximate surface area is 78.4 Å². The molecule has 2 aliphatic rings. The fourth-order valence-corrected chi connectivity index (χ4v) is 1.87. The van der Waals surface area contributed by atoms with Gasteiger partial charge >= 0.3 is 5.97 Å². The molecule has 0 aliphatic carbocycles. The van der Waals surface area contributed by atoms with Gasteiger partial charge in [-0.2, -0.15) is 0 Å². The van der Waals surface area contributed by atoms with Gasteiger partial charge in [0.2, 0.25) is 0 Å². The number of carbonyl (C=O) groups excluding carboxylic acids is 1. The zero-order valence-electron chi connectivity index (χ0n) is 7.99. The number of epoxide rings is 1. The number of cyclic esters (lactones) is 1. The third kappa shape index (κ3) is 2.02. The summed E-state index contributed by atoms with van der Waals surface area (Å²) in [6, 6.07) is 0. The maximum absolute atomic E-state index is 11.1. The molecule has 74 valence electrons. The van der Waals surface area contributed by atoms with E-state index in [1.54, 1.807) is 0 Å². The smallest absolute Gasteiger partial charge is 0.338 e. The number of rotatable bonds is 4. The van der Waals surface area contributed by atoms with Crippen LogP contribution in [0.15, 0.2) is 0 Å². The molecular formula is C10H16O3. The summed E-state index contributed by atoms with van der Waals surface area (Å²) in [5.74, 6) is -0.141. The van der Waals surface area contributed by atoms with Crippen LogP contribution >= 0.6 is 0 Å². The highest BCUT2D eigenvalue weighted by molar-refractivity contribution is 5.79. The largest absolute Gasteiger partial charge is 0.460 e. The summed E-state index contributed by atoms with van der Waals surface area (Å²) in [6.07, 6.45) is 5.63. The number of hydrogen-bond acceptors (Lipinski definition) is 3. The molecule has 3 heteroatoms. The first kappa shape index (κ1) is 9.00. The van der Waals surface area contributed by atoms with Crippen LogP contribution < -0.4 is 0 Å². The van der Waals surface area contributed by atoms with E-state index >= 15 is 0 Å². The Hall–Kier alpha value is -0.570. The number of fused-ring (bicyclic) bond motifs is 1. The van der Waals surface area contributed by atoms with Crippen molar-refractivity contribution in [3.05, 3.63) is 0 Å². The number of carbonyl (C=O) groups is 1. The van der Waals surface area contributed by atoms with E-state index in [0.29, 0.717) is 0 Å². The van der Waals surface area contributed by atoms with Crippen LogP contribution in [0.1, 0.15) is 39.0 Å². The van der Waals surface area contributed by atoms with E-state index in [1.807, 2.05) is 0 Å². The molecular weight excluding hydrogens is 168 g/mol. The molecule has 0 N–H and O–H groups in total. The lowest BCUT2D eigenvalue weighted by Crippen LogP contribution is -2.29. The van der Waals surface area contributed by atoms with Crippen LogP contribution in [0, 0.1) is 0 Å². The number of ether oxygens (including phenoxy) is 2. The first-order chi connectivity index (χ1) is 6.31. The number of esters is 1. The molecule has 2 rings (SSSR count). The first-order valence-electron chi connectivity index (χ1n) is 5.17. The minimum Gasteiger partial charge on any atom is -0.460 e. The molecule has 0 aromatic carbocycles. The summed E-state index contributed by atoms with van der Waals surface area (Å²) in [4.78, 5) is 11.1. The van der Waals surface area contributed by atoms with Gasteiger partial charge in [0, 0.05) is 6.42 Å². The summed E-state index contributed by atoms with van der Waals surface area (Å²) < 4.78 is 10.4. The molecule has 13 heavy (non-hydrogen) atoms. The van der Waals surface area contributed by atoms with Crippen molar-refractivity contribution < 1.29 is 14.3 Å². The van der Waals surface area contributed by atoms with Crippen LogP contribution in [0.2, 0.25) is 0 Å². The highest BCUT2D eigenvalue weighted by atomic mass is 16.7. The van der Waals surface area contributed by atoms with Gasteiger partial charge in [-0.1, -0.05) is 19.8 Å². The van der Waals surface area contributed by atoms with E-state index in [4.69, 9.17) is 9.47 Å². The zero-order chi connectivity index (χ0) is 9.26. The lowest BCUT2D eigenvalue weighted by Gasteiger charge is -2.19. The van der Waals surface area contributed by atoms with Crippen molar-refractivity contribution in [3.8, 4) is 0 Å². The molecule has 0 spiro atoms. The summed E-state index contributed by atoms with van der Waals surface area (Å²) >= 11 is 0. The maximum atomic E-state index is 11.1. The van der Waals surface area contributed by atoms with Gasteiger partial charge in [0.15, 0.2) is 6.10 Å². The van der Waals surface area contributed by atoms with E-state index in [-0.39, 0.29) is 24.3 Å². The number of hydrogen-bond donors (Lipinski definition) is 0. The molecule has 2 fully saturated rings. The molecule has 0 amide bonds. The minimum atomic E-state index is -0.206. The normalized spacial score (nSPS) is 36.7. The number of unbranched alkanes of at least 4 members (excludes halogenated alkanes) is 2. The van der Waals surface area contributed by atoms with Crippen LogP contribution in [0.4, 0.5) is 0 Å². The molecule has 2 aliphatic heterocycles. The fraction of sp³-hybridized carbons (Fsp3) is 0.900. The second-order valence-corrected chi connectivity index (χ2v) is 3.89. The standard InChI is InChI=1S/C10H16O3/c1-2-3-4-5-7-6-8-9(13-8)10(11)12-7/h7-9H,2-6H2,1H3/t7-,8-,9-/m1/s1. The summed E-state index contributed by atoms with van der Waals surface area (Å²) in [6.45, 7) is 2.17. The molecule has 2 saturated heterocycles. The maximum Gasteiger partial charge on any atom is 0.338 e. The minimum absolute atomic E-state index is 0.128. The molecule has 2 heterocycles. The Morgan fingerprint density at radius 1 is 1.46 bits per heavy atom. The van der Waals surface area contributed by atoms with Crippen molar-refractivity contribution in [1.29, 1.82) is 0 Å². The monoisotopic (exact) mass is 184 g/mol. The lowest BCUT2D eigenvalue weighted by molar-refractivity contribution is -0.152. The molecule has 3 nitrogen and oxygen atoms in total. The highest BCUT2D eigenvalue weighted by Gasteiger charge is 2.51. The Morgan fingerprint density at radius 3 is 3.00 bits per heavy atom. The average Bonchev–Trinajstić information content (AvgIpc) is 2.84. The van der Waals surface area contributed by atoms with Gasteiger partial charge in [0.25, 0.3) is 0 Å². The van der Waals surface area contributed by atoms with Crippen LogP contribution in [0.5, 0.6) is 0 Å². The van der Waals surface area contributed by atoms with Crippen LogP contribution in [0.25, 0.3) is 0 Å². The molecule has 0 saturated carbocycles. The quantitative estimate of drug-likeness (QED) is 0.379. The van der Waals surface area contributed by atoms with Crippen LogP contribution in [-0.4, -0.2) is 24.3 Å². The van der Waals surface area contributed by atoms with Crippen molar-refractivity contribution in [2.75, 3.05) is 0 Å².